The van der Waals surface area contributed by atoms with Crippen molar-refractivity contribution >= 4 is 57.6 Å². The van der Waals surface area contributed by atoms with Crippen molar-refractivity contribution in [1.82, 2.24) is 10.2 Å². The van der Waals surface area contributed by atoms with Gasteiger partial charge in [-0.05, 0) is 95.5 Å². The molecule has 220 valence electrons. The molecule has 2 amide bonds. The summed E-state index contributed by atoms with van der Waals surface area (Å²) < 4.78 is 7.12. The maximum atomic E-state index is 14.1. The standard InChI is InChI=1S/C31H35Cl2IN2O5/c32-23-8-7-20(24(33)16-23)17-36(29(38)15-21-12-18-5-6-19(21)11-18)26-13-22(31(40)35-9-10-37)14-28(30(26)39)41-27-4-2-1-3-25(27)34/h1-4,7-8,14,16,18-19,21,26,28,30,37,39H,5-6,9-13,15,17H2,(H,35,40)/t18?,19?,21?,26-,28+,30+/m1/s1. The molecule has 7 nitrogen and oxygen atoms in total. The lowest BCUT2D eigenvalue weighted by Gasteiger charge is -2.41. The van der Waals surface area contributed by atoms with Gasteiger partial charge in [-0.3, -0.25) is 9.59 Å². The highest BCUT2D eigenvalue weighted by Crippen LogP contribution is 2.50. The lowest BCUT2D eigenvalue weighted by Crippen LogP contribution is -2.55. The van der Waals surface area contributed by atoms with Crippen molar-refractivity contribution in [2.75, 3.05) is 13.2 Å². The van der Waals surface area contributed by atoms with Gasteiger partial charge in [0, 0.05) is 41.5 Å². The Labute approximate surface area is 264 Å². The van der Waals surface area contributed by atoms with Gasteiger partial charge in [-0.25, -0.2) is 0 Å². The highest BCUT2D eigenvalue weighted by atomic mass is 127. The summed E-state index contributed by atoms with van der Waals surface area (Å²) in [6.07, 6.45) is 4.85. The van der Waals surface area contributed by atoms with Gasteiger partial charge >= 0.3 is 0 Å². The number of hydrogen-bond acceptors (Lipinski definition) is 5. The first kappa shape index (κ1) is 30.6. The topological polar surface area (TPSA) is 99.1 Å². The first-order valence-electron chi connectivity index (χ1n) is 14.2. The Morgan fingerprint density at radius 3 is 2.61 bits per heavy atom. The van der Waals surface area contributed by atoms with Crippen LogP contribution in [0.1, 0.15) is 44.1 Å². The second-order valence-corrected chi connectivity index (χ2v) is 13.3. The van der Waals surface area contributed by atoms with Gasteiger partial charge in [0.15, 0.2) is 0 Å². The number of aliphatic hydroxyl groups is 2. The van der Waals surface area contributed by atoms with E-state index in [1.165, 1.54) is 19.3 Å². The maximum absolute atomic E-state index is 14.1. The number of para-hydroxylation sites is 1. The molecule has 6 atom stereocenters. The van der Waals surface area contributed by atoms with E-state index in [9.17, 15) is 19.8 Å². The molecule has 0 heterocycles. The molecule has 0 saturated heterocycles. The molecule has 3 N–H and O–H groups in total. The number of nitrogens with one attached hydrogen (secondary N) is 1. The number of nitrogens with zero attached hydrogens (tertiary/aromatic N) is 1. The van der Waals surface area contributed by atoms with Crippen molar-refractivity contribution in [3.63, 3.8) is 0 Å². The number of carbonyl (C=O) groups is 2. The fourth-order valence-corrected chi connectivity index (χ4v) is 7.64. The minimum atomic E-state index is -1.10. The van der Waals surface area contributed by atoms with Crippen LogP contribution in [0.3, 0.4) is 0 Å². The van der Waals surface area contributed by atoms with Crippen LogP contribution in [0.2, 0.25) is 10.0 Å². The summed E-state index contributed by atoms with van der Waals surface area (Å²) in [5.41, 5.74) is 1.10. The molecule has 2 fully saturated rings. The summed E-state index contributed by atoms with van der Waals surface area (Å²) in [6, 6.07) is 11.9. The Bertz CT molecular complexity index is 1310. The second-order valence-electron chi connectivity index (χ2n) is 11.3. The number of ether oxygens (including phenoxy) is 1. The van der Waals surface area contributed by atoms with Crippen LogP contribution in [0.4, 0.5) is 0 Å². The highest BCUT2D eigenvalue weighted by molar-refractivity contribution is 14.1. The third-order valence-corrected chi connectivity index (χ3v) is 10.2. The predicted octanol–water partition coefficient (Wildman–Crippen LogP) is 5.37. The third kappa shape index (κ3) is 7.21. The average Bonchev–Trinajstić information content (AvgIpc) is 3.57. The van der Waals surface area contributed by atoms with Crippen molar-refractivity contribution in [3.05, 3.63) is 73.3 Å². The van der Waals surface area contributed by atoms with Crippen LogP contribution < -0.4 is 10.1 Å². The Morgan fingerprint density at radius 2 is 1.93 bits per heavy atom. The van der Waals surface area contributed by atoms with Crippen LogP contribution >= 0.6 is 45.8 Å². The van der Waals surface area contributed by atoms with Crippen LogP contribution in [0.15, 0.2) is 54.1 Å². The van der Waals surface area contributed by atoms with Gasteiger partial charge < -0.3 is 25.2 Å². The number of rotatable bonds is 10. The quantitative estimate of drug-likeness (QED) is 0.288. The molecule has 0 radical (unpaired) electrons. The van der Waals surface area contributed by atoms with Crippen LogP contribution in [0.25, 0.3) is 0 Å². The molecule has 0 aromatic heterocycles. The first-order chi connectivity index (χ1) is 19.7. The van der Waals surface area contributed by atoms with Crippen LogP contribution in [-0.4, -0.2) is 58.3 Å². The Balaban J connectivity index is 1.47. The van der Waals surface area contributed by atoms with Gasteiger partial charge in [0.2, 0.25) is 11.8 Å². The van der Waals surface area contributed by atoms with Gasteiger partial charge in [-0.1, -0.05) is 47.8 Å². The summed E-state index contributed by atoms with van der Waals surface area (Å²) in [5, 5.41) is 24.6. The fraction of sp³-hybridized carbons (Fsp3) is 0.484. The molecule has 2 aromatic rings. The number of fused-ring (bicyclic) bond motifs is 2. The number of benzene rings is 2. The molecule has 2 bridgehead atoms. The molecule has 10 heteroatoms. The van der Waals surface area contributed by atoms with E-state index in [0.29, 0.717) is 51.1 Å². The zero-order valence-corrected chi connectivity index (χ0v) is 26.3. The normalized spacial score (nSPS) is 26.9. The third-order valence-electron chi connectivity index (χ3n) is 8.71. The van der Waals surface area contributed by atoms with E-state index >= 15 is 0 Å². The molecule has 3 aliphatic rings. The summed E-state index contributed by atoms with van der Waals surface area (Å²) in [5.74, 6) is 1.74. The van der Waals surface area contributed by atoms with Gasteiger partial charge in [0.25, 0.3) is 0 Å². The van der Waals surface area contributed by atoms with Crippen LogP contribution in [0.5, 0.6) is 5.75 Å². The Morgan fingerprint density at radius 1 is 1.12 bits per heavy atom. The van der Waals surface area contributed by atoms with E-state index in [1.54, 1.807) is 29.2 Å². The lowest BCUT2D eigenvalue weighted by molar-refractivity contribution is -0.141. The highest BCUT2D eigenvalue weighted by Gasteiger charge is 2.44. The molecule has 2 aromatic carbocycles. The fourth-order valence-electron chi connectivity index (χ4n) is 6.66. The second kappa shape index (κ2) is 13.6. The summed E-state index contributed by atoms with van der Waals surface area (Å²) in [4.78, 5) is 28.9. The molecule has 3 aliphatic carbocycles. The van der Waals surface area contributed by atoms with E-state index in [4.69, 9.17) is 27.9 Å². The van der Waals surface area contributed by atoms with Gasteiger partial charge in [-0.15, -0.1) is 0 Å². The van der Waals surface area contributed by atoms with Crippen molar-refractivity contribution in [3.8, 4) is 5.75 Å². The summed E-state index contributed by atoms with van der Waals surface area (Å²) >= 11 is 14.9. The van der Waals surface area contributed by atoms with Crippen molar-refractivity contribution < 1.29 is 24.5 Å². The number of aliphatic hydroxyl groups excluding tert-OH is 2. The van der Waals surface area contributed by atoms with E-state index in [-0.39, 0.29) is 37.9 Å². The van der Waals surface area contributed by atoms with Gasteiger partial charge in [0.1, 0.15) is 18.0 Å². The molecular weight excluding hydrogens is 678 g/mol. The predicted molar refractivity (Wildman–Crippen MR) is 167 cm³/mol. The smallest absolute Gasteiger partial charge is 0.247 e. The molecule has 3 unspecified atom stereocenters. The average molecular weight is 713 g/mol. The Kier molecular flexibility index (Phi) is 10.2. The summed E-state index contributed by atoms with van der Waals surface area (Å²) in [7, 11) is 0. The number of halogens is 3. The van der Waals surface area contributed by atoms with Crippen molar-refractivity contribution in [2.45, 2.75) is 63.3 Å². The van der Waals surface area contributed by atoms with E-state index in [1.807, 2.05) is 24.3 Å². The lowest BCUT2D eigenvalue weighted by atomic mass is 9.84. The minimum Gasteiger partial charge on any atom is -0.482 e. The van der Waals surface area contributed by atoms with Crippen LogP contribution in [0, 0.1) is 21.3 Å². The minimum absolute atomic E-state index is 0.0670. The molecule has 5 rings (SSSR count). The molecule has 0 aliphatic heterocycles. The van der Waals surface area contributed by atoms with E-state index in [2.05, 4.69) is 27.9 Å². The number of carbonyl (C=O) groups excluding carboxylic acids is 2. The van der Waals surface area contributed by atoms with Crippen molar-refractivity contribution in [1.29, 1.82) is 0 Å². The molecule has 0 spiro atoms. The first-order valence-corrected chi connectivity index (χ1v) is 16.0. The zero-order chi connectivity index (χ0) is 29.1. The maximum Gasteiger partial charge on any atom is 0.247 e. The van der Waals surface area contributed by atoms with Crippen LogP contribution in [-0.2, 0) is 16.1 Å². The SMILES string of the molecule is O=C(NCCO)C1=C[C@H](Oc2ccccc2I)[C@@H](O)[C@H](N(Cc2ccc(Cl)cc2Cl)C(=O)CC2CC3CCC2C3)C1. The molecular formula is C31H35Cl2IN2O5. The van der Waals surface area contributed by atoms with Crippen molar-refractivity contribution in [2.24, 2.45) is 17.8 Å². The van der Waals surface area contributed by atoms with Gasteiger partial charge in [0.05, 0.1) is 16.2 Å². The number of amides is 2. The number of hydrogen-bond donors (Lipinski definition) is 3. The van der Waals surface area contributed by atoms with Gasteiger partial charge in [-0.2, -0.15) is 0 Å². The molecule has 2 saturated carbocycles. The van der Waals surface area contributed by atoms with E-state index in [0.717, 1.165) is 9.99 Å². The monoisotopic (exact) mass is 712 g/mol. The summed E-state index contributed by atoms with van der Waals surface area (Å²) in [6.45, 7) is 0.0632. The Hall–Kier alpha value is -1.85. The molecule has 41 heavy (non-hydrogen) atoms. The van der Waals surface area contributed by atoms with E-state index < -0.39 is 18.2 Å². The largest absolute Gasteiger partial charge is 0.482 e. The zero-order valence-electron chi connectivity index (χ0n) is 22.6.